The summed E-state index contributed by atoms with van der Waals surface area (Å²) in [6.07, 6.45) is 6.36. The monoisotopic (exact) mass is 268 g/mol. The highest BCUT2D eigenvalue weighted by atomic mass is 35.5. The molecule has 1 amide bonds. The number of amides is 1. The molecule has 0 atom stereocenters. The number of hydrogen-bond acceptors (Lipinski definition) is 3. The van der Waals surface area contributed by atoms with E-state index in [2.05, 4.69) is 10.3 Å². The van der Waals surface area contributed by atoms with Gasteiger partial charge in [-0.1, -0.05) is 30.9 Å². The Labute approximate surface area is 111 Å². The maximum absolute atomic E-state index is 12.1. The van der Waals surface area contributed by atoms with Gasteiger partial charge in [0, 0.05) is 11.2 Å². The fraction of sp³-hybridized carbons (Fsp3) is 0.538. The van der Waals surface area contributed by atoms with Crippen LogP contribution < -0.4 is 5.32 Å². The summed E-state index contributed by atoms with van der Waals surface area (Å²) in [6, 6.07) is 3.16. The first-order valence-corrected chi connectivity index (χ1v) is 6.58. The molecule has 1 aliphatic rings. The predicted molar refractivity (Wildman–Crippen MR) is 69.6 cm³/mol. The van der Waals surface area contributed by atoms with Crippen molar-refractivity contribution >= 4 is 17.5 Å². The average Bonchev–Trinajstić information content (AvgIpc) is 2.40. The summed E-state index contributed by atoms with van der Waals surface area (Å²) in [7, 11) is 0. The van der Waals surface area contributed by atoms with Crippen molar-refractivity contribution in [2.45, 2.75) is 37.6 Å². The molecule has 0 saturated heterocycles. The highest BCUT2D eigenvalue weighted by molar-refractivity contribution is 6.30. The van der Waals surface area contributed by atoms with Crippen LogP contribution in [0, 0.1) is 0 Å². The van der Waals surface area contributed by atoms with Crippen LogP contribution in [0.3, 0.4) is 0 Å². The Hall–Kier alpha value is -1.13. The summed E-state index contributed by atoms with van der Waals surface area (Å²) in [5.41, 5.74) is -0.194. The van der Waals surface area contributed by atoms with E-state index in [1.807, 2.05) is 0 Å². The molecule has 2 N–H and O–H groups in total. The van der Waals surface area contributed by atoms with Gasteiger partial charge in [0.1, 0.15) is 5.69 Å². The van der Waals surface area contributed by atoms with Gasteiger partial charge < -0.3 is 10.4 Å². The number of aliphatic hydroxyl groups excluding tert-OH is 1. The quantitative estimate of drug-likeness (QED) is 0.883. The van der Waals surface area contributed by atoms with E-state index in [0.29, 0.717) is 10.7 Å². The lowest BCUT2D eigenvalue weighted by atomic mass is 9.82. The number of pyridine rings is 1. The van der Waals surface area contributed by atoms with Crippen LogP contribution in [-0.2, 0) is 0 Å². The second kappa shape index (κ2) is 5.67. The third kappa shape index (κ3) is 3.00. The van der Waals surface area contributed by atoms with E-state index in [4.69, 9.17) is 11.6 Å². The predicted octanol–water partition coefficient (Wildman–Crippen LogP) is 2.16. The van der Waals surface area contributed by atoms with Gasteiger partial charge >= 0.3 is 0 Å². The van der Waals surface area contributed by atoms with E-state index >= 15 is 0 Å². The molecule has 0 aliphatic heterocycles. The van der Waals surface area contributed by atoms with Gasteiger partial charge in [0.05, 0.1) is 12.1 Å². The molecule has 1 aromatic rings. The zero-order chi connectivity index (χ0) is 13.0. The highest BCUT2D eigenvalue weighted by Crippen LogP contribution is 2.28. The Kier molecular flexibility index (Phi) is 4.19. The molecule has 1 aliphatic carbocycles. The molecule has 98 valence electrons. The third-order valence-corrected chi connectivity index (χ3v) is 3.68. The first-order valence-electron chi connectivity index (χ1n) is 6.20. The highest BCUT2D eigenvalue weighted by Gasteiger charge is 2.33. The minimum absolute atomic E-state index is 0.0285. The summed E-state index contributed by atoms with van der Waals surface area (Å²) < 4.78 is 0. The maximum Gasteiger partial charge on any atom is 0.270 e. The Balaban J connectivity index is 2.10. The molecule has 4 nitrogen and oxygen atoms in total. The summed E-state index contributed by atoms with van der Waals surface area (Å²) in [4.78, 5) is 16.1. The van der Waals surface area contributed by atoms with Gasteiger partial charge in [-0.15, -0.1) is 0 Å². The number of nitrogens with one attached hydrogen (secondary N) is 1. The summed E-state index contributed by atoms with van der Waals surface area (Å²) in [6.45, 7) is -0.0285. The molecule has 0 spiro atoms. The van der Waals surface area contributed by atoms with Crippen molar-refractivity contribution in [2.24, 2.45) is 0 Å². The second-order valence-electron chi connectivity index (χ2n) is 4.81. The van der Waals surface area contributed by atoms with E-state index in [1.54, 1.807) is 6.07 Å². The number of aliphatic hydroxyl groups is 1. The van der Waals surface area contributed by atoms with E-state index in [9.17, 15) is 9.90 Å². The Morgan fingerprint density at radius 3 is 2.78 bits per heavy atom. The van der Waals surface area contributed by atoms with Crippen molar-refractivity contribution in [3.63, 3.8) is 0 Å². The molecule has 1 saturated carbocycles. The van der Waals surface area contributed by atoms with Crippen molar-refractivity contribution < 1.29 is 9.90 Å². The smallest absolute Gasteiger partial charge is 0.270 e. The van der Waals surface area contributed by atoms with Gasteiger partial charge in [0.2, 0.25) is 0 Å². The minimum Gasteiger partial charge on any atom is -0.394 e. The topological polar surface area (TPSA) is 62.2 Å². The molecule has 0 bridgehead atoms. The van der Waals surface area contributed by atoms with E-state index in [0.717, 1.165) is 32.1 Å². The molecule has 0 aromatic carbocycles. The lowest BCUT2D eigenvalue weighted by molar-refractivity contribution is 0.0754. The van der Waals surface area contributed by atoms with Gasteiger partial charge in [0.15, 0.2) is 0 Å². The number of aromatic nitrogens is 1. The summed E-state index contributed by atoms with van der Waals surface area (Å²) in [5, 5.41) is 12.9. The minimum atomic E-state index is -0.487. The number of carbonyl (C=O) groups is 1. The number of hydrogen-bond donors (Lipinski definition) is 2. The molecule has 0 unspecified atom stereocenters. The lowest BCUT2D eigenvalue weighted by Crippen LogP contribution is -2.52. The first kappa shape index (κ1) is 13.3. The average molecular weight is 269 g/mol. The maximum atomic E-state index is 12.1. The van der Waals surface area contributed by atoms with Crippen molar-refractivity contribution in [3.8, 4) is 0 Å². The van der Waals surface area contributed by atoms with Crippen LogP contribution in [-0.4, -0.2) is 28.1 Å². The molecule has 5 heteroatoms. The number of halogens is 1. The normalized spacial score (nSPS) is 18.3. The molecular formula is C13H17ClN2O2. The number of nitrogens with zero attached hydrogens (tertiary/aromatic N) is 1. The van der Waals surface area contributed by atoms with Crippen molar-refractivity contribution in [1.82, 2.24) is 10.3 Å². The van der Waals surface area contributed by atoms with Crippen molar-refractivity contribution in [3.05, 3.63) is 29.0 Å². The van der Waals surface area contributed by atoms with Gasteiger partial charge in [-0.3, -0.25) is 9.78 Å². The van der Waals surface area contributed by atoms with E-state index < -0.39 is 5.54 Å². The van der Waals surface area contributed by atoms with Crippen LogP contribution in [0.4, 0.5) is 0 Å². The van der Waals surface area contributed by atoms with Gasteiger partial charge in [-0.25, -0.2) is 0 Å². The Bertz CT molecular complexity index is 431. The van der Waals surface area contributed by atoms with E-state index in [-0.39, 0.29) is 12.5 Å². The van der Waals surface area contributed by atoms with Crippen LogP contribution in [0.2, 0.25) is 5.02 Å². The van der Waals surface area contributed by atoms with Gasteiger partial charge in [-0.2, -0.15) is 0 Å². The fourth-order valence-corrected chi connectivity index (χ4v) is 2.54. The molecule has 18 heavy (non-hydrogen) atoms. The zero-order valence-electron chi connectivity index (χ0n) is 10.2. The standard InChI is InChI=1S/C13H17ClN2O2/c14-10-4-7-15-11(8-10)12(18)16-13(9-17)5-2-1-3-6-13/h4,7-8,17H,1-3,5-6,9H2,(H,16,18). The van der Waals surface area contributed by atoms with Gasteiger partial charge in [0.25, 0.3) is 5.91 Å². The molecule has 1 heterocycles. The first-order chi connectivity index (χ1) is 8.65. The van der Waals surface area contributed by atoms with Crippen LogP contribution in [0.1, 0.15) is 42.6 Å². The number of rotatable bonds is 3. The van der Waals surface area contributed by atoms with Crippen LogP contribution >= 0.6 is 11.6 Å². The van der Waals surface area contributed by atoms with Gasteiger partial charge in [-0.05, 0) is 25.0 Å². The molecule has 1 aromatic heterocycles. The Morgan fingerprint density at radius 1 is 1.44 bits per heavy atom. The third-order valence-electron chi connectivity index (χ3n) is 3.45. The van der Waals surface area contributed by atoms with Crippen molar-refractivity contribution in [2.75, 3.05) is 6.61 Å². The number of carbonyl (C=O) groups excluding carboxylic acids is 1. The van der Waals surface area contributed by atoms with Crippen LogP contribution in [0.15, 0.2) is 18.3 Å². The van der Waals surface area contributed by atoms with Crippen molar-refractivity contribution in [1.29, 1.82) is 0 Å². The lowest BCUT2D eigenvalue weighted by Gasteiger charge is -2.36. The van der Waals surface area contributed by atoms with Crippen LogP contribution in [0.25, 0.3) is 0 Å². The molecular weight excluding hydrogens is 252 g/mol. The summed E-state index contributed by atoms with van der Waals surface area (Å²) in [5.74, 6) is -0.270. The Morgan fingerprint density at radius 2 is 2.17 bits per heavy atom. The SMILES string of the molecule is O=C(NC1(CO)CCCCC1)c1cc(Cl)ccn1. The second-order valence-corrected chi connectivity index (χ2v) is 5.25. The summed E-state index contributed by atoms with van der Waals surface area (Å²) >= 11 is 5.83. The molecule has 0 radical (unpaired) electrons. The van der Waals surface area contributed by atoms with E-state index in [1.165, 1.54) is 12.3 Å². The molecule has 2 rings (SSSR count). The zero-order valence-corrected chi connectivity index (χ0v) is 10.9. The molecule has 1 fully saturated rings. The largest absolute Gasteiger partial charge is 0.394 e. The van der Waals surface area contributed by atoms with Crippen LogP contribution in [0.5, 0.6) is 0 Å². The fourth-order valence-electron chi connectivity index (χ4n) is 2.39.